The smallest absolute Gasteiger partial charge is 0.321 e. The van der Waals surface area contributed by atoms with Crippen LogP contribution in [0.5, 0.6) is 0 Å². The molecule has 3 rings (SSSR count). The quantitative estimate of drug-likeness (QED) is 0.516. The monoisotopic (exact) mass is 409 g/mol. The number of carboxylic acids is 1. The zero-order valence-corrected chi connectivity index (χ0v) is 17.1. The van der Waals surface area contributed by atoms with E-state index in [1.807, 2.05) is 29.6 Å². The predicted octanol–water partition coefficient (Wildman–Crippen LogP) is 3.81. The highest BCUT2D eigenvalue weighted by Crippen LogP contribution is 2.30. The van der Waals surface area contributed by atoms with Crippen LogP contribution in [0.4, 0.5) is 11.4 Å². The zero-order chi connectivity index (χ0) is 21.0. The maximum absolute atomic E-state index is 12.6. The number of carbonyl (C=O) groups excluding carboxylic acids is 1. The Bertz CT molecular complexity index is 999. The molecule has 0 aliphatic carbocycles. The SMILES string of the molecule is CN(C)C(Cc1ccc(C(=O)Nc2cc(-c3cccs3)ccc2N)cc1)C(=O)O. The van der Waals surface area contributed by atoms with Crippen LogP contribution in [0.1, 0.15) is 15.9 Å². The summed E-state index contributed by atoms with van der Waals surface area (Å²) in [7, 11) is 3.46. The van der Waals surface area contributed by atoms with E-state index in [0.29, 0.717) is 23.4 Å². The molecule has 4 N–H and O–H groups in total. The van der Waals surface area contributed by atoms with Gasteiger partial charge in [0.15, 0.2) is 0 Å². The molecule has 0 saturated heterocycles. The van der Waals surface area contributed by atoms with Crippen LogP contribution in [-0.2, 0) is 11.2 Å². The van der Waals surface area contributed by atoms with Crippen LogP contribution < -0.4 is 11.1 Å². The Balaban J connectivity index is 1.73. The summed E-state index contributed by atoms with van der Waals surface area (Å²) < 4.78 is 0. The van der Waals surface area contributed by atoms with Gasteiger partial charge in [0, 0.05) is 10.4 Å². The lowest BCUT2D eigenvalue weighted by atomic mass is 10.0. The molecule has 1 atom stereocenters. The summed E-state index contributed by atoms with van der Waals surface area (Å²) in [6.07, 6.45) is 0.361. The van der Waals surface area contributed by atoms with Gasteiger partial charge in [0.25, 0.3) is 5.91 Å². The molecule has 0 fully saturated rings. The Labute approximate surface area is 173 Å². The molecule has 1 heterocycles. The lowest BCUT2D eigenvalue weighted by Gasteiger charge is -2.20. The fraction of sp³-hybridized carbons (Fsp3) is 0.182. The van der Waals surface area contributed by atoms with Crippen molar-refractivity contribution in [2.45, 2.75) is 12.5 Å². The number of amides is 1. The van der Waals surface area contributed by atoms with E-state index in [0.717, 1.165) is 16.0 Å². The van der Waals surface area contributed by atoms with Gasteiger partial charge in [0.2, 0.25) is 0 Å². The summed E-state index contributed by atoms with van der Waals surface area (Å²) in [6.45, 7) is 0. The third-order valence-electron chi connectivity index (χ3n) is 4.66. The van der Waals surface area contributed by atoms with Crippen LogP contribution in [0.25, 0.3) is 10.4 Å². The molecule has 1 aromatic heterocycles. The normalized spacial score (nSPS) is 12.0. The van der Waals surface area contributed by atoms with Crippen LogP contribution in [0.2, 0.25) is 0 Å². The van der Waals surface area contributed by atoms with Crippen molar-refractivity contribution in [2.75, 3.05) is 25.1 Å². The highest BCUT2D eigenvalue weighted by atomic mass is 32.1. The van der Waals surface area contributed by atoms with Crippen molar-refractivity contribution < 1.29 is 14.7 Å². The van der Waals surface area contributed by atoms with E-state index < -0.39 is 12.0 Å². The highest BCUT2D eigenvalue weighted by molar-refractivity contribution is 7.13. The number of benzene rings is 2. The van der Waals surface area contributed by atoms with Crippen molar-refractivity contribution in [3.63, 3.8) is 0 Å². The van der Waals surface area contributed by atoms with Gasteiger partial charge in [-0.25, -0.2) is 0 Å². The van der Waals surface area contributed by atoms with Crippen molar-refractivity contribution in [3.8, 4) is 10.4 Å². The second-order valence-electron chi connectivity index (χ2n) is 6.95. The van der Waals surface area contributed by atoms with Gasteiger partial charge < -0.3 is 16.2 Å². The minimum atomic E-state index is -0.877. The second-order valence-corrected chi connectivity index (χ2v) is 7.90. The van der Waals surface area contributed by atoms with Crippen molar-refractivity contribution in [1.82, 2.24) is 4.90 Å². The largest absolute Gasteiger partial charge is 0.480 e. The van der Waals surface area contributed by atoms with E-state index >= 15 is 0 Å². The van der Waals surface area contributed by atoms with Gasteiger partial charge in [-0.1, -0.05) is 24.3 Å². The summed E-state index contributed by atoms with van der Waals surface area (Å²) in [6, 6.07) is 15.9. The number of hydrogen-bond acceptors (Lipinski definition) is 5. The Morgan fingerprint density at radius 1 is 1.14 bits per heavy atom. The molecular weight excluding hydrogens is 386 g/mol. The van der Waals surface area contributed by atoms with Crippen LogP contribution in [0, 0.1) is 0 Å². The summed E-state index contributed by atoms with van der Waals surface area (Å²) >= 11 is 1.62. The highest BCUT2D eigenvalue weighted by Gasteiger charge is 2.20. The lowest BCUT2D eigenvalue weighted by molar-refractivity contribution is -0.142. The summed E-state index contributed by atoms with van der Waals surface area (Å²) in [5.41, 5.74) is 9.40. The van der Waals surface area contributed by atoms with Gasteiger partial charge in [-0.15, -0.1) is 11.3 Å². The molecule has 0 aliphatic heterocycles. The van der Waals surface area contributed by atoms with Gasteiger partial charge in [0.1, 0.15) is 6.04 Å². The Morgan fingerprint density at radius 3 is 2.45 bits per heavy atom. The fourth-order valence-electron chi connectivity index (χ4n) is 2.96. The van der Waals surface area contributed by atoms with Crippen LogP contribution in [0.15, 0.2) is 60.0 Å². The topological polar surface area (TPSA) is 95.7 Å². The summed E-state index contributed by atoms with van der Waals surface area (Å²) in [4.78, 5) is 26.8. The van der Waals surface area contributed by atoms with E-state index in [1.165, 1.54) is 0 Å². The first-order valence-electron chi connectivity index (χ1n) is 9.08. The third kappa shape index (κ3) is 5.01. The van der Waals surface area contributed by atoms with E-state index in [9.17, 15) is 14.7 Å². The number of nitrogens with one attached hydrogen (secondary N) is 1. The first-order chi connectivity index (χ1) is 13.8. The van der Waals surface area contributed by atoms with Crippen molar-refractivity contribution in [2.24, 2.45) is 0 Å². The molecule has 1 unspecified atom stereocenters. The number of nitrogens with two attached hydrogens (primary N) is 1. The number of aliphatic carboxylic acids is 1. The molecule has 6 nitrogen and oxygen atoms in total. The maximum Gasteiger partial charge on any atom is 0.321 e. The number of carboxylic acid groups (broad SMARTS) is 1. The number of likely N-dealkylation sites (N-methyl/N-ethyl adjacent to an activating group) is 1. The number of carbonyl (C=O) groups is 2. The van der Waals surface area contributed by atoms with E-state index in [1.54, 1.807) is 60.7 Å². The Kier molecular flexibility index (Phi) is 6.31. The van der Waals surface area contributed by atoms with Crippen LogP contribution in [0.3, 0.4) is 0 Å². The standard InChI is InChI=1S/C22H23N3O3S/c1-25(2)19(22(27)28)12-14-5-7-15(8-6-14)21(26)24-18-13-16(9-10-17(18)23)20-4-3-11-29-20/h3-11,13,19H,12,23H2,1-2H3,(H,24,26)(H,27,28). The van der Waals surface area contributed by atoms with E-state index in [4.69, 9.17) is 5.73 Å². The van der Waals surface area contributed by atoms with Crippen LogP contribution in [-0.4, -0.2) is 42.0 Å². The zero-order valence-electron chi connectivity index (χ0n) is 16.3. The molecule has 150 valence electrons. The second kappa shape index (κ2) is 8.89. The Hall–Kier alpha value is -3.16. The minimum absolute atomic E-state index is 0.269. The average molecular weight is 410 g/mol. The molecule has 0 bridgehead atoms. The van der Waals surface area contributed by atoms with Gasteiger partial charge in [0.05, 0.1) is 11.4 Å². The number of nitrogen functional groups attached to an aromatic ring is 1. The number of anilines is 2. The molecule has 29 heavy (non-hydrogen) atoms. The first-order valence-corrected chi connectivity index (χ1v) is 9.96. The van der Waals surface area contributed by atoms with Gasteiger partial charge in [-0.3, -0.25) is 14.5 Å². The molecule has 2 aromatic carbocycles. The van der Waals surface area contributed by atoms with Gasteiger partial charge in [-0.05, 0) is 67.4 Å². The summed E-state index contributed by atoms with van der Waals surface area (Å²) in [5, 5.41) is 14.2. The molecular formula is C22H23N3O3S. The third-order valence-corrected chi connectivity index (χ3v) is 5.58. The number of hydrogen-bond donors (Lipinski definition) is 3. The molecule has 0 aliphatic rings. The number of rotatable bonds is 7. The van der Waals surface area contributed by atoms with Gasteiger partial charge >= 0.3 is 5.97 Å². The minimum Gasteiger partial charge on any atom is -0.480 e. The van der Waals surface area contributed by atoms with Crippen LogP contribution >= 0.6 is 11.3 Å². The molecule has 3 aromatic rings. The number of thiophene rings is 1. The molecule has 0 radical (unpaired) electrons. The van der Waals surface area contributed by atoms with E-state index in [-0.39, 0.29) is 5.91 Å². The molecule has 1 amide bonds. The Morgan fingerprint density at radius 2 is 1.86 bits per heavy atom. The molecule has 7 heteroatoms. The first kappa shape index (κ1) is 20.6. The predicted molar refractivity (Wildman–Crippen MR) is 117 cm³/mol. The van der Waals surface area contributed by atoms with E-state index in [2.05, 4.69) is 5.32 Å². The lowest BCUT2D eigenvalue weighted by Crippen LogP contribution is -2.37. The molecule has 0 saturated carbocycles. The fourth-order valence-corrected chi connectivity index (χ4v) is 3.69. The molecule has 0 spiro atoms. The number of nitrogens with zero attached hydrogens (tertiary/aromatic N) is 1. The van der Waals surface area contributed by atoms with Crippen molar-refractivity contribution in [1.29, 1.82) is 0 Å². The average Bonchev–Trinajstić information content (AvgIpc) is 3.22. The van der Waals surface area contributed by atoms with Crippen molar-refractivity contribution >= 4 is 34.6 Å². The maximum atomic E-state index is 12.6. The van der Waals surface area contributed by atoms with Crippen molar-refractivity contribution in [3.05, 3.63) is 71.1 Å². The van der Waals surface area contributed by atoms with Gasteiger partial charge in [-0.2, -0.15) is 0 Å². The summed E-state index contributed by atoms with van der Waals surface area (Å²) in [5.74, 6) is -1.15.